The molecule has 0 spiro atoms. The maximum absolute atomic E-state index is 10.8. The number of nitrogens with zero attached hydrogens (tertiary/aromatic N) is 1. The molecule has 0 heterocycles. The third-order valence-electron chi connectivity index (χ3n) is 2.89. The molecule has 3 heteroatoms. The van der Waals surface area contributed by atoms with E-state index in [9.17, 15) is 10.1 Å². The van der Waals surface area contributed by atoms with Crippen molar-refractivity contribution in [1.29, 1.82) is 0 Å². The third kappa shape index (κ3) is 4.07. The zero-order chi connectivity index (χ0) is 13.5. The Hall–Kier alpha value is -2.42. The van der Waals surface area contributed by atoms with Crippen LogP contribution in [-0.2, 0) is 0 Å². The number of hydrogen-bond acceptors (Lipinski definition) is 2. The van der Waals surface area contributed by atoms with Crippen LogP contribution in [0, 0.1) is 10.1 Å². The highest BCUT2D eigenvalue weighted by molar-refractivity contribution is 5.50. The fourth-order valence-electron chi connectivity index (χ4n) is 1.93. The molecular weight excluding hydrogens is 238 g/mol. The molecule has 1 unspecified atom stereocenters. The maximum Gasteiger partial charge on any atom is 0.214 e. The van der Waals surface area contributed by atoms with Crippen LogP contribution in [0.15, 0.2) is 66.7 Å². The van der Waals surface area contributed by atoms with E-state index in [-0.39, 0.29) is 17.4 Å². The number of benzene rings is 2. The molecule has 0 saturated carbocycles. The predicted molar refractivity (Wildman–Crippen MR) is 76.5 cm³/mol. The minimum Gasteiger partial charge on any atom is -0.265 e. The Morgan fingerprint density at radius 1 is 1.00 bits per heavy atom. The van der Waals surface area contributed by atoms with E-state index in [1.165, 1.54) is 0 Å². The minimum atomic E-state index is -0.271. The average molecular weight is 253 g/mol. The zero-order valence-corrected chi connectivity index (χ0v) is 10.5. The fraction of sp³-hybridized carbons (Fsp3) is 0.125. The van der Waals surface area contributed by atoms with E-state index >= 15 is 0 Å². The van der Waals surface area contributed by atoms with E-state index in [0.29, 0.717) is 0 Å². The molecule has 0 aliphatic carbocycles. The standard InChI is InChI=1S/C16H15NO2/c18-17(19)13-16(15-9-5-2-6-10-15)12-11-14-7-3-1-4-8-14/h1-12,16H,13H2/b12-11+. The van der Waals surface area contributed by atoms with Gasteiger partial charge in [0.15, 0.2) is 0 Å². The quantitative estimate of drug-likeness (QED) is 0.601. The molecule has 2 aromatic carbocycles. The van der Waals surface area contributed by atoms with Crippen LogP contribution in [0.3, 0.4) is 0 Å². The highest BCUT2D eigenvalue weighted by Crippen LogP contribution is 2.18. The molecule has 0 aliphatic heterocycles. The van der Waals surface area contributed by atoms with E-state index in [0.717, 1.165) is 11.1 Å². The van der Waals surface area contributed by atoms with Crippen molar-refractivity contribution in [1.82, 2.24) is 0 Å². The number of rotatable bonds is 5. The zero-order valence-electron chi connectivity index (χ0n) is 10.5. The van der Waals surface area contributed by atoms with Gasteiger partial charge < -0.3 is 0 Å². The van der Waals surface area contributed by atoms with Crippen molar-refractivity contribution in [3.63, 3.8) is 0 Å². The average Bonchev–Trinajstić information content (AvgIpc) is 2.45. The van der Waals surface area contributed by atoms with Gasteiger partial charge in [-0.25, -0.2) is 0 Å². The predicted octanol–water partition coefficient (Wildman–Crippen LogP) is 3.76. The van der Waals surface area contributed by atoms with Crippen molar-refractivity contribution in [2.24, 2.45) is 0 Å². The third-order valence-corrected chi connectivity index (χ3v) is 2.89. The van der Waals surface area contributed by atoms with Crippen LogP contribution in [0.5, 0.6) is 0 Å². The summed E-state index contributed by atoms with van der Waals surface area (Å²) in [5.74, 6) is -0.198. The second kappa shape index (κ2) is 6.50. The van der Waals surface area contributed by atoms with Gasteiger partial charge in [-0.15, -0.1) is 0 Å². The summed E-state index contributed by atoms with van der Waals surface area (Å²) in [5, 5.41) is 10.8. The van der Waals surface area contributed by atoms with E-state index in [2.05, 4.69) is 0 Å². The summed E-state index contributed by atoms with van der Waals surface area (Å²) >= 11 is 0. The molecule has 0 saturated heterocycles. The molecule has 0 fully saturated rings. The first kappa shape index (κ1) is 13.0. The molecule has 3 nitrogen and oxygen atoms in total. The normalized spacial score (nSPS) is 12.4. The van der Waals surface area contributed by atoms with E-state index < -0.39 is 0 Å². The van der Waals surface area contributed by atoms with Crippen LogP contribution in [0.4, 0.5) is 0 Å². The first-order valence-electron chi connectivity index (χ1n) is 6.16. The number of nitro groups is 1. The van der Waals surface area contributed by atoms with Gasteiger partial charge in [-0.2, -0.15) is 0 Å². The van der Waals surface area contributed by atoms with Crippen molar-refractivity contribution in [3.8, 4) is 0 Å². The molecular formula is C16H15NO2. The Labute approximate surface area is 112 Å². The summed E-state index contributed by atoms with van der Waals surface area (Å²) in [4.78, 5) is 10.5. The molecule has 1 atom stereocenters. The molecule has 96 valence electrons. The molecule has 0 aromatic heterocycles. The van der Waals surface area contributed by atoms with Crippen molar-refractivity contribution in [2.75, 3.05) is 6.54 Å². The Morgan fingerprint density at radius 2 is 1.58 bits per heavy atom. The summed E-state index contributed by atoms with van der Waals surface area (Å²) < 4.78 is 0. The second-order valence-corrected chi connectivity index (χ2v) is 4.30. The van der Waals surface area contributed by atoms with Crippen LogP contribution in [-0.4, -0.2) is 11.5 Å². The Bertz CT molecular complexity index is 549. The van der Waals surface area contributed by atoms with E-state index in [1.54, 1.807) is 0 Å². The van der Waals surface area contributed by atoms with Crippen LogP contribution < -0.4 is 0 Å². The second-order valence-electron chi connectivity index (χ2n) is 4.30. The van der Waals surface area contributed by atoms with Crippen LogP contribution >= 0.6 is 0 Å². The molecule has 2 aromatic rings. The fourth-order valence-corrected chi connectivity index (χ4v) is 1.93. The molecule has 0 radical (unpaired) electrons. The highest BCUT2D eigenvalue weighted by atomic mass is 16.6. The van der Waals surface area contributed by atoms with E-state index in [4.69, 9.17) is 0 Å². The molecule has 0 amide bonds. The lowest BCUT2D eigenvalue weighted by Gasteiger charge is -2.08. The van der Waals surface area contributed by atoms with Crippen molar-refractivity contribution in [2.45, 2.75) is 5.92 Å². The SMILES string of the molecule is O=[N+]([O-])CC(/C=C/c1ccccc1)c1ccccc1. The molecule has 0 aliphatic rings. The summed E-state index contributed by atoms with van der Waals surface area (Å²) in [6, 6.07) is 19.4. The molecule has 2 rings (SSSR count). The van der Waals surface area contributed by atoms with Gasteiger partial charge in [0.25, 0.3) is 0 Å². The maximum atomic E-state index is 10.8. The monoisotopic (exact) mass is 253 g/mol. The van der Waals surface area contributed by atoms with Gasteiger partial charge in [0.1, 0.15) is 0 Å². The van der Waals surface area contributed by atoms with Gasteiger partial charge in [0.05, 0.1) is 5.92 Å². The van der Waals surface area contributed by atoms with Crippen LogP contribution in [0.1, 0.15) is 17.0 Å². The Balaban J connectivity index is 2.19. The summed E-state index contributed by atoms with van der Waals surface area (Å²) in [5.41, 5.74) is 2.01. The van der Waals surface area contributed by atoms with Crippen LogP contribution in [0.25, 0.3) is 6.08 Å². The molecule has 0 bridgehead atoms. The minimum absolute atomic E-state index is 0.0899. The molecule has 19 heavy (non-hydrogen) atoms. The largest absolute Gasteiger partial charge is 0.265 e. The van der Waals surface area contributed by atoms with E-state index in [1.807, 2.05) is 72.8 Å². The smallest absolute Gasteiger partial charge is 0.214 e. The Kier molecular flexibility index (Phi) is 4.45. The number of hydrogen-bond donors (Lipinski definition) is 0. The lowest BCUT2D eigenvalue weighted by atomic mass is 9.98. The van der Waals surface area contributed by atoms with Gasteiger partial charge in [-0.05, 0) is 11.1 Å². The summed E-state index contributed by atoms with van der Waals surface area (Å²) in [7, 11) is 0. The van der Waals surface area contributed by atoms with Crippen LogP contribution in [0.2, 0.25) is 0 Å². The first-order valence-corrected chi connectivity index (χ1v) is 6.16. The Morgan fingerprint density at radius 3 is 2.16 bits per heavy atom. The summed E-state index contributed by atoms with van der Waals surface area (Å²) in [6.07, 6.45) is 3.83. The first-order chi connectivity index (χ1) is 9.25. The van der Waals surface area contributed by atoms with Gasteiger partial charge in [0, 0.05) is 4.92 Å². The summed E-state index contributed by atoms with van der Waals surface area (Å²) in [6.45, 7) is -0.0899. The van der Waals surface area contributed by atoms with Gasteiger partial charge >= 0.3 is 0 Å². The van der Waals surface area contributed by atoms with Gasteiger partial charge in [-0.1, -0.05) is 72.8 Å². The van der Waals surface area contributed by atoms with Gasteiger partial charge in [0.2, 0.25) is 6.54 Å². The van der Waals surface area contributed by atoms with Crippen molar-refractivity contribution >= 4 is 6.08 Å². The van der Waals surface area contributed by atoms with Crippen molar-refractivity contribution in [3.05, 3.63) is 88.0 Å². The lowest BCUT2D eigenvalue weighted by Crippen LogP contribution is -2.10. The highest BCUT2D eigenvalue weighted by Gasteiger charge is 2.13. The topological polar surface area (TPSA) is 43.1 Å². The molecule has 0 N–H and O–H groups in total. The van der Waals surface area contributed by atoms with Gasteiger partial charge in [-0.3, -0.25) is 10.1 Å². The van der Waals surface area contributed by atoms with Crippen molar-refractivity contribution < 1.29 is 4.92 Å². The lowest BCUT2D eigenvalue weighted by molar-refractivity contribution is -0.481.